The van der Waals surface area contributed by atoms with Crippen LogP contribution >= 0.6 is 0 Å². The zero-order chi connectivity index (χ0) is 14.4. The summed E-state index contributed by atoms with van der Waals surface area (Å²) in [6.45, 7) is 0.497. The van der Waals surface area contributed by atoms with Gasteiger partial charge in [0.2, 0.25) is 5.91 Å². The molecule has 6 nitrogen and oxygen atoms in total. The van der Waals surface area contributed by atoms with Gasteiger partial charge in [-0.15, -0.1) is 0 Å². The molecule has 0 unspecified atom stereocenters. The number of amides is 1. The van der Waals surface area contributed by atoms with E-state index in [0.29, 0.717) is 6.54 Å². The Bertz CT molecular complexity index is 319. The van der Waals surface area contributed by atoms with Crippen LogP contribution in [0.25, 0.3) is 0 Å². The van der Waals surface area contributed by atoms with Crippen LogP contribution in [0, 0.1) is 0 Å². The molecule has 0 heterocycles. The number of carbonyl (C=O) groups excluding carboxylic acids is 1. The lowest BCUT2D eigenvalue weighted by Crippen LogP contribution is -2.29. The van der Waals surface area contributed by atoms with Crippen molar-refractivity contribution in [3.63, 3.8) is 0 Å². The number of benzene rings is 1. The molecule has 0 radical (unpaired) electrons. The minimum Gasteiger partial charge on any atom is -0.497 e. The number of rotatable bonds is 4. The van der Waals surface area contributed by atoms with E-state index in [1.807, 2.05) is 24.3 Å². The maximum atomic E-state index is 10.9. The summed E-state index contributed by atoms with van der Waals surface area (Å²) in [6.07, 6.45) is 0. The fraction of sp³-hybridized carbons (Fsp3) is 0.417. The smallest absolute Gasteiger partial charge is 0.234 e. The average Bonchev–Trinajstić information content (AvgIpc) is 2.49. The first-order chi connectivity index (χ1) is 8.76. The second kappa shape index (κ2) is 13.4. The Balaban J connectivity index is 0. The van der Waals surface area contributed by atoms with Crippen LogP contribution in [0.3, 0.4) is 0 Å². The van der Waals surface area contributed by atoms with Crippen molar-refractivity contribution in [2.24, 2.45) is 5.73 Å². The van der Waals surface area contributed by atoms with E-state index in [9.17, 15) is 4.79 Å². The van der Waals surface area contributed by atoms with Crippen LogP contribution in [0.4, 0.5) is 0 Å². The van der Waals surface area contributed by atoms with Gasteiger partial charge in [0.25, 0.3) is 0 Å². The maximum absolute atomic E-state index is 10.9. The maximum Gasteiger partial charge on any atom is 0.234 e. The normalized spacial score (nSPS) is 8.11. The average molecular weight is 258 g/mol. The van der Waals surface area contributed by atoms with Crippen molar-refractivity contribution in [2.45, 2.75) is 6.54 Å². The van der Waals surface area contributed by atoms with Gasteiger partial charge in [-0.05, 0) is 17.7 Å². The topological polar surface area (TPSA) is 105 Å². The third-order valence-corrected chi connectivity index (χ3v) is 1.81. The molecule has 1 amide bonds. The van der Waals surface area contributed by atoms with Gasteiger partial charge in [0, 0.05) is 20.8 Å². The quantitative estimate of drug-likeness (QED) is 0.582. The number of hydrogen-bond acceptors (Lipinski definition) is 5. The molecule has 5 N–H and O–H groups in total. The lowest BCUT2D eigenvalue weighted by atomic mass is 10.2. The Morgan fingerprint density at radius 3 is 2.44 bits per heavy atom. The summed E-state index contributed by atoms with van der Waals surface area (Å²) < 4.78 is 5.05. The van der Waals surface area contributed by atoms with Crippen molar-refractivity contribution in [1.82, 2.24) is 5.32 Å². The summed E-state index contributed by atoms with van der Waals surface area (Å²) in [5.41, 5.74) is 6.15. The van der Waals surface area contributed by atoms with Gasteiger partial charge in [-0.1, -0.05) is 12.1 Å². The number of aliphatic hydroxyl groups excluding tert-OH is 2. The summed E-state index contributed by atoms with van der Waals surface area (Å²) in [6, 6.07) is 7.52. The van der Waals surface area contributed by atoms with Gasteiger partial charge in [-0.3, -0.25) is 4.79 Å². The van der Waals surface area contributed by atoms with Gasteiger partial charge < -0.3 is 26.0 Å². The Labute approximate surface area is 107 Å². The van der Waals surface area contributed by atoms with Gasteiger partial charge in [-0.2, -0.15) is 0 Å². The number of ether oxygens (including phenoxy) is 1. The molecule has 1 rings (SSSR count). The van der Waals surface area contributed by atoms with E-state index in [0.717, 1.165) is 25.5 Å². The van der Waals surface area contributed by atoms with Gasteiger partial charge in [0.1, 0.15) is 5.75 Å². The highest BCUT2D eigenvalue weighted by Crippen LogP contribution is 2.11. The summed E-state index contributed by atoms with van der Waals surface area (Å²) >= 11 is 0. The van der Waals surface area contributed by atoms with Crippen LogP contribution in [-0.2, 0) is 11.3 Å². The number of methoxy groups -OCH3 is 1. The molecule has 18 heavy (non-hydrogen) atoms. The largest absolute Gasteiger partial charge is 0.497 e. The fourth-order valence-corrected chi connectivity index (χ4v) is 1.06. The zero-order valence-electron chi connectivity index (χ0n) is 11.0. The van der Waals surface area contributed by atoms with E-state index < -0.39 is 0 Å². The molecule has 0 atom stereocenters. The lowest BCUT2D eigenvalue weighted by Gasteiger charge is -2.05. The molecule has 0 saturated heterocycles. The second-order valence-electron chi connectivity index (χ2n) is 2.83. The van der Waals surface area contributed by atoms with Crippen LogP contribution in [-0.4, -0.2) is 44.0 Å². The van der Waals surface area contributed by atoms with Gasteiger partial charge in [0.15, 0.2) is 0 Å². The molecule has 0 aliphatic carbocycles. The highest BCUT2D eigenvalue weighted by molar-refractivity contribution is 5.77. The zero-order valence-corrected chi connectivity index (χ0v) is 11.0. The third-order valence-electron chi connectivity index (χ3n) is 1.81. The number of hydrogen-bond donors (Lipinski definition) is 4. The Kier molecular flexibility index (Phi) is 14.0. The van der Waals surface area contributed by atoms with Crippen molar-refractivity contribution in [3.05, 3.63) is 29.8 Å². The van der Waals surface area contributed by atoms with E-state index in [1.165, 1.54) is 0 Å². The molecule has 0 saturated carbocycles. The third kappa shape index (κ3) is 8.51. The predicted molar refractivity (Wildman–Crippen MR) is 70.2 cm³/mol. The van der Waals surface area contributed by atoms with E-state index in [2.05, 4.69) is 5.32 Å². The second-order valence-corrected chi connectivity index (χ2v) is 2.83. The molecule has 1 aromatic rings. The molecule has 0 aliphatic rings. The highest BCUT2D eigenvalue weighted by atomic mass is 16.5. The van der Waals surface area contributed by atoms with Crippen LogP contribution < -0.4 is 15.8 Å². The summed E-state index contributed by atoms with van der Waals surface area (Å²) in [5, 5.41) is 16.7. The molecule has 0 spiro atoms. The van der Waals surface area contributed by atoms with Crippen molar-refractivity contribution in [2.75, 3.05) is 27.9 Å². The first-order valence-corrected chi connectivity index (χ1v) is 5.25. The molecule has 0 fully saturated rings. The molecular weight excluding hydrogens is 236 g/mol. The summed E-state index contributed by atoms with van der Waals surface area (Å²) in [5.74, 6) is 0.623. The first kappa shape index (κ1) is 18.7. The monoisotopic (exact) mass is 258 g/mol. The molecular formula is C12H22N2O4. The molecule has 0 aliphatic heterocycles. The minimum absolute atomic E-state index is 0.0178. The standard InChI is InChI=1S/C10H14N2O2.2CH4O/c1-14-9-4-2-3-8(5-9)7-12-10(13)6-11;2*1-2/h2-5H,6-7,11H2,1H3,(H,12,13);2*2H,1H3. The molecule has 6 heteroatoms. The number of aliphatic hydroxyl groups is 2. The van der Waals surface area contributed by atoms with Crippen LogP contribution in [0.5, 0.6) is 5.75 Å². The lowest BCUT2D eigenvalue weighted by molar-refractivity contribution is -0.119. The van der Waals surface area contributed by atoms with Crippen LogP contribution in [0.2, 0.25) is 0 Å². The number of carbonyl (C=O) groups is 1. The van der Waals surface area contributed by atoms with Crippen molar-refractivity contribution in [3.8, 4) is 5.75 Å². The number of nitrogens with one attached hydrogen (secondary N) is 1. The molecule has 0 bridgehead atoms. The van der Waals surface area contributed by atoms with Crippen LogP contribution in [0.1, 0.15) is 5.56 Å². The van der Waals surface area contributed by atoms with E-state index in [4.69, 9.17) is 20.7 Å². The molecule has 1 aromatic carbocycles. The Hall–Kier alpha value is -1.63. The minimum atomic E-state index is -0.159. The van der Waals surface area contributed by atoms with Crippen LogP contribution in [0.15, 0.2) is 24.3 Å². The number of nitrogens with two attached hydrogens (primary N) is 1. The van der Waals surface area contributed by atoms with E-state index in [1.54, 1.807) is 7.11 Å². The van der Waals surface area contributed by atoms with Gasteiger partial charge in [-0.25, -0.2) is 0 Å². The van der Waals surface area contributed by atoms with E-state index in [-0.39, 0.29) is 12.5 Å². The SMILES string of the molecule is CO.CO.COc1cccc(CNC(=O)CN)c1. The van der Waals surface area contributed by atoms with Gasteiger partial charge in [0.05, 0.1) is 13.7 Å². The summed E-state index contributed by atoms with van der Waals surface area (Å²) in [7, 11) is 3.61. The highest BCUT2D eigenvalue weighted by Gasteiger charge is 1.98. The van der Waals surface area contributed by atoms with Crippen molar-refractivity contribution in [1.29, 1.82) is 0 Å². The summed E-state index contributed by atoms with van der Waals surface area (Å²) in [4.78, 5) is 10.9. The van der Waals surface area contributed by atoms with Gasteiger partial charge >= 0.3 is 0 Å². The van der Waals surface area contributed by atoms with Crippen molar-refractivity contribution < 1.29 is 19.7 Å². The van der Waals surface area contributed by atoms with Crippen molar-refractivity contribution >= 4 is 5.91 Å². The Morgan fingerprint density at radius 2 is 1.94 bits per heavy atom. The fourth-order valence-electron chi connectivity index (χ4n) is 1.06. The first-order valence-electron chi connectivity index (χ1n) is 5.25. The molecule has 104 valence electrons. The van der Waals surface area contributed by atoms with E-state index >= 15 is 0 Å². The molecule has 0 aromatic heterocycles. The predicted octanol–water partition coefficient (Wildman–Crippen LogP) is -0.513. The Morgan fingerprint density at radius 1 is 1.33 bits per heavy atom.